The molecule has 0 unspecified atom stereocenters. The predicted octanol–water partition coefficient (Wildman–Crippen LogP) is 4.48. The normalized spacial score (nSPS) is 18.3. The second-order valence-electron chi connectivity index (χ2n) is 9.20. The van der Waals surface area contributed by atoms with Crippen LogP contribution in [0, 0.1) is 6.92 Å². The first-order valence-corrected chi connectivity index (χ1v) is 11.6. The monoisotopic (exact) mass is 416 g/mol. The zero-order valence-corrected chi connectivity index (χ0v) is 18.6. The maximum absolute atomic E-state index is 13.1. The number of benzene rings is 2. The van der Waals surface area contributed by atoms with E-state index < -0.39 is 0 Å². The molecular formula is C26H32N4O. The summed E-state index contributed by atoms with van der Waals surface area (Å²) in [5.41, 5.74) is 4.13. The summed E-state index contributed by atoms with van der Waals surface area (Å²) in [6.07, 6.45) is 6.28. The molecule has 1 aliphatic carbocycles. The lowest BCUT2D eigenvalue weighted by atomic mass is 9.89. The summed E-state index contributed by atoms with van der Waals surface area (Å²) < 4.78 is 2.23. The summed E-state index contributed by atoms with van der Waals surface area (Å²) in [6.45, 7) is 5.06. The van der Waals surface area contributed by atoms with Crippen molar-refractivity contribution in [1.29, 1.82) is 0 Å². The molecule has 2 fully saturated rings. The van der Waals surface area contributed by atoms with Gasteiger partial charge in [-0.25, -0.2) is 4.98 Å². The van der Waals surface area contributed by atoms with Gasteiger partial charge in [0.25, 0.3) is 5.91 Å². The average Bonchev–Trinajstić information content (AvgIpc) is 3.08. The number of carbonyl (C=O) groups excluding carboxylic acids is 1. The number of imidazole rings is 1. The summed E-state index contributed by atoms with van der Waals surface area (Å²) in [5, 5.41) is 0. The van der Waals surface area contributed by atoms with Crippen LogP contribution in [0.5, 0.6) is 0 Å². The van der Waals surface area contributed by atoms with E-state index in [9.17, 15) is 4.79 Å². The van der Waals surface area contributed by atoms with E-state index in [1.54, 1.807) is 0 Å². The van der Waals surface area contributed by atoms with Gasteiger partial charge in [-0.15, -0.1) is 0 Å². The largest absolute Gasteiger partial charge is 0.339 e. The van der Waals surface area contributed by atoms with E-state index in [0.717, 1.165) is 60.9 Å². The van der Waals surface area contributed by atoms with E-state index in [2.05, 4.69) is 32.7 Å². The lowest BCUT2D eigenvalue weighted by Crippen LogP contribution is -2.50. The molecule has 0 radical (unpaired) electrons. The van der Waals surface area contributed by atoms with Crippen molar-refractivity contribution in [3.63, 3.8) is 0 Å². The minimum atomic E-state index is 0.137. The van der Waals surface area contributed by atoms with Gasteiger partial charge in [0.05, 0.1) is 11.0 Å². The van der Waals surface area contributed by atoms with Crippen LogP contribution in [-0.2, 0) is 6.54 Å². The van der Waals surface area contributed by atoms with Gasteiger partial charge in [-0.05, 0) is 62.4 Å². The van der Waals surface area contributed by atoms with Crippen molar-refractivity contribution in [2.75, 3.05) is 20.1 Å². The molecule has 5 rings (SSSR count). The molecule has 2 aliphatic rings. The van der Waals surface area contributed by atoms with Crippen LogP contribution in [0.15, 0.2) is 48.5 Å². The van der Waals surface area contributed by atoms with Crippen molar-refractivity contribution >= 4 is 16.9 Å². The molecule has 3 aromatic rings. The molecule has 1 aliphatic heterocycles. The maximum atomic E-state index is 13.1. The van der Waals surface area contributed by atoms with Crippen molar-refractivity contribution in [2.45, 2.75) is 57.7 Å². The number of para-hydroxylation sites is 2. The Morgan fingerprint density at radius 2 is 1.74 bits per heavy atom. The molecule has 0 spiro atoms. The Morgan fingerprint density at radius 3 is 2.42 bits per heavy atom. The predicted molar refractivity (Wildman–Crippen MR) is 124 cm³/mol. The van der Waals surface area contributed by atoms with E-state index >= 15 is 0 Å². The van der Waals surface area contributed by atoms with Crippen molar-refractivity contribution in [3.8, 4) is 0 Å². The fraction of sp³-hybridized carbons (Fsp3) is 0.462. The molecule has 162 valence electrons. The molecule has 1 amide bonds. The number of hydrogen-bond donors (Lipinski definition) is 0. The SMILES string of the molecule is Cc1nc2ccccc2n1Cc1ccc(C(=O)N(C)C2CCN(C3CCC3)CC2)cc1. The third-order valence-corrected chi connectivity index (χ3v) is 7.35. The molecule has 1 saturated heterocycles. The summed E-state index contributed by atoms with van der Waals surface area (Å²) in [7, 11) is 1.97. The molecule has 1 aromatic heterocycles. The highest BCUT2D eigenvalue weighted by molar-refractivity contribution is 5.94. The summed E-state index contributed by atoms with van der Waals surface area (Å²) in [5.74, 6) is 1.15. The van der Waals surface area contributed by atoms with Gasteiger partial charge in [-0.2, -0.15) is 0 Å². The zero-order valence-electron chi connectivity index (χ0n) is 18.6. The number of piperidine rings is 1. The zero-order chi connectivity index (χ0) is 21.4. The Labute approximate surface area is 184 Å². The van der Waals surface area contributed by atoms with Crippen LogP contribution in [0.2, 0.25) is 0 Å². The van der Waals surface area contributed by atoms with Gasteiger partial charge >= 0.3 is 0 Å². The molecule has 2 aromatic carbocycles. The third kappa shape index (κ3) is 3.99. The number of amides is 1. The molecule has 5 nitrogen and oxygen atoms in total. The number of nitrogens with zero attached hydrogens (tertiary/aromatic N) is 4. The second kappa shape index (κ2) is 8.46. The lowest BCUT2D eigenvalue weighted by Gasteiger charge is -2.43. The first-order valence-electron chi connectivity index (χ1n) is 11.6. The van der Waals surface area contributed by atoms with Crippen LogP contribution in [-0.4, -0.2) is 57.5 Å². The van der Waals surface area contributed by atoms with Crippen molar-refractivity contribution < 1.29 is 4.79 Å². The van der Waals surface area contributed by atoms with Crippen molar-refractivity contribution in [2.24, 2.45) is 0 Å². The maximum Gasteiger partial charge on any atom is 0.253 e. The quantitative estimate of drug-likeness (QED) is 0.616. The number of aryl methyl sites for hydroxylation is 1. The molecule has 2 heterocycles. The van der Waals surface area contributed by atoms with Gasteiger partial charge in [0.1, 0.15) is 5.82 Å². The van der Waals surface area contributed by atoms with Gasteiger partial charge in [-0.1, -0.05) is 30.7 Å². The molecule has 0 atom stereocenters. The highest BCUT2D eigenvalue weighted by Gasteiger charge is 2.31. The van der Waals surface area contributed by atoms with Crippen molar-refractivity contribution in [3.05, 3.63) is 65.5 Å². The summed E-state index contributed by atoms with van der Waals surface area (Å²) >= 11 is 0. The van der Waals surface area contributed by atoms with Gasteiger partial charge in [0, 0.05) is 44.3 Å². The number of hydrogen-bond acceptors (Lipinski definition) is 3. The van der Waals surface area contributed by atoms with Crippen LogP contribution in [0.4, 0.5) is 0 Å². The van der Waals surface area contributed by atoms with Crippen LogP contribution >= 0.6 is 0 Å². The Morgan fingerprint density at radius 1 is 1.03 bits per heavy atom. The van der Waals surface area contributed by atoms with Crippen LogP contribution in [0.1, 0.15) is 53.8 Å². The average molecular weight is 417 g/mol. The summed E-state index contributed by atoms with van der Waals surface area (Å²) in [6, 6.07) is 17.5. The molecular weight excluding hydrogens is 384 g/mol. The lowest BCUT2D eigenvalue weighted by molar-refractivity contribution is 0.0499. The fourth-order valence-corrected chi connectivity index (χ4v) is 5.09. The Balaban J connectivity index is 1.23. The Kier molecular flexibility index (Phi) is 5.53. The summed E-state index contributed by atoms with van der Waals surface area (Å²) in [4.78, 5) is 22.3. The van der Waals surface area contributed by atoms with Gasteiger partial charge in [-0.3, -0.25) is 4.79 Å². The van der Waals surface area contributed by atoms with Gasteiger partial charge < -0.3 is 14.4 Å². The Hall–Kier alpha value is -2.66. The standard InChI is InChI=1S/C26H32N4O/c1-19-27-24-8-3-4-9-25(24)30(19)18-20-10-12-21(13-11-20)26(31)28(2)22-14-16-29(17-15-22)23-6-5-7-23/h3-4,8-13,22-23H,5-7,14-18H2,1-2H3. The Bertz CT molecular complexity index is 1060. The van der Waals surface area contributed by atoms with E-state index in [1.165, 1.54) is 24.8 Å². The smallest absolute Gasteiger partial charge is 0.253 e. The van der Waals surface area contributed by atoms with Gasteiger partial charge in [0.15, 0.2) is 0 Å². The molecule has 0 bridgehead atoms. The molecule has 5 heteroatoms. The third-order valence-electron chi connectivity index (χ3n) is 7.35. The molecule has 0 N–H and O–H groups in total. The van der Waals surface area contributed by atoms with E-state index in [0.29, 0.717) is 6.04 Å². The number of fused-ring (bicyclic) bond motifs is 1. The molecule has 31 heavy (non-hydrogen) atoms. The fourth-order valence-electron chi connectivity index (χ4n) is 5.09. The van der Waals surface area contributed by atoms with E-state index in [4.69, 9.17) is 0 Å². The number of likely N-dealkylation sites (tertiary alicyclic amines) is 1. The first-order chi connectivity index (χ1) is 15.1. The van der Waals surface area contributed by atoms with Gasteiger partial charge in [0.2, 0.25) is 0 Å². The highest BCUT2D eigenvalue weighted by Crippen LogP contribution is 2.28. The van der Waals surface area contributed by atoms with E-state index in [1.807, 2.05) is 49.2 Å². The minimum absolute atomic E-state index is 0.137. The topological polar surface area (TPSA) is 41.4 Å². The molecule has 1 saturated carbocycles. The number of aromatic nitrogens is 2. The minimum Gasteiger partial charge on any atom is -0.339 e. The van der Waals surface area contributed by atoms with Crippen LogP contribution < -0.4 is 0 Å². The van der Waals surface area contributed by atoms with Crippen LogP contribution in [0.25, 0.3) is 11.0 Å². The van der Waals surface area contributed by atoms with Crippen LogP contribution in [0.3, 0.4) is 0 Å². The van der Waals surface area contributed by atoms with Crippen molar-refractivity contribution in [1.82, 2.24) is 19.4 Å². The highest BCUT2D eigenvalue weighted by atomic mass is 16.2. The number of rotatable bonds is 5. The number of carbonyl (C=O) groups is 1. The second-order valence-corrected chi connectivity index (χ2v) is 9.20. The van der Waals surface area contributed by atoms with E-state index in [-0.39, 0.29) is 5.91 Å². The first kappa shape index (κ1) is 20.3.